The average molecular weight is 599 g/mol. The lowest BCUT2D eigenvalue weighted by atomic mass is 10.1. The first-order chi connectivity index (χ1) is 20.7. The van der Waals surface area contributed by atoms with Crippen LogP contribution in [-0.4, -0.2) is 77.2 Å². The zero-order valence-corrected chi connectivity index (χ0v) is 23.5. The van der Waals surface area contributed by atoms with Crippen LogP contribution in [-0.2, 0) is 32.3 Å². The number of carbonyl (C=O) groups excluding carboxylic acids is 1. The molecule has 3 aromatic rings. The zero-order valence-electron chi connectivity index (χ0n) is 23.5. The second-order valence-electron chi connectivity index (χ2n) is 9.13. The number of benzene rings is 3. The summed E-state index contributed by atoms with van der Waals surface area (Å²) >= 11 is 0. The van der Waals surface area contributed by atoms with Crippen LogP contribution in [0.25, 0.3) is 0 Å². The van der Waals surface area contributed by atoms with Crippen LogP contribution < -0.4 is 24.5 Å². The molecule has 0 spiro atoms. The summed E-state index contributed by atoms with van der Waals surface area (Å²) in [4.78, 5) is 46.1. The number of hydrogen-bond acceptors (Lipinski definition) is 10. The van der Waals surface area contributed by atoms with Gasteiger partial charge >= 0.3 is 11.9 Å². The van der Waals surface area contributed by atoms with Gasteiger partial charge < -0.3 is 39.8 Å². The molecule has 1 unspecified atom stereocenters. The molecular weight excluding hydrogens is 564 g/mol. The second kappa shape index (κ2) is 17.2. The van der Waals surface area contributed by atoms with E-state index in [2.05, 4.69) is 5.32 Å². The third-order valence-electron chi connectivity index (χ3n) is 5.80. The fraction of sp³-hybridized carbons (Fsp3) is 0.300. The first-order valence-corrected chi connectivity index (χ1v) is 13.3. The summed E-state index contributed by atoms with van der Waals surface area (Å²) in [5.41, 5.74) is 2.01. The number of carbonyl (C=O) groups is 3. The van der Waals surface area contributed by atoms with E-state index in [1.165, 1.54) is 12.0 Å². The lowest BCUT2D eigenvalue weighted by Crippen LogP contribution is -2.40. The molecule has 1 heterocycles. The molecular formula is C30H34N2O11. The number of ether oxygens (including phenoxy) is 2. The predicted octanol–water partition coefficient (Wildman–Crippen LogP) is 2.46. The van der Waals surface area contributed by atoms with Crippen molar-refractivity contribution in [2.24, 2.45) is 0 Å². The van der Waals surface area contributed by atoms with Gasteiger partial charge in [0, 0.05) is 32.0 Å². The van der Waals surface area contributed by atoms with Gasteiger partial charge in [-0.2, -0.15) is 9.95 Å². The largest absolute Gasteiger partial charge is 0.490 e. The van der Waals surface area contributed by atoms with Crippen molar-refractivity contribution in [3.8, 4) is 23.0 Å². The highest BCUT2D eigenvalue weighted by Crippen LogP contribution is 2.31. The topological polar surface area (TPSA) is 173 Å². The molecule has 13 heteroatoms. The van der Waals surface area contributed by atoms with Crippen molar-refractivity contribution in [2.75, 3.05) is 32.8 Å². The molecule has 43 heavy (non-hydrogen) atoms. The lowest BCUT2D eigenvalue weighted by molar-refractivity contribution is -0.215. The van der Waals surface area contributed by atoms with Gasteiger partial charge in [-0.05, 0) is 42.0 Å². The first kappa shape index (κ1) is 32.7. The van der Waals surface area contributed by atoms with Gasteiger partial charge in [0.25, 0.3) is 5.91 Å². The summed E-state index contributed by atoms with van der Waals surface area (Å²) in [5, 5.41) is 29.5. The van der Waals surface area contributed by atoms with E-state index in [1.54, 1.807) is 24.3 Å². The molecule has 4 rings (SSSR count). The van der Waals surface area contributed by atoms with E-state index in [4.69, 9.17) is 43.9 Å². The van der Waals surface area contributed by atoms with Crippen LogP contribution in [0.15, 0.2) is 72.8 Å². The molecule has 0 saturated carbocycles. The number of aliphatic hydroxyl groups is 1. The third kappa shape index (κ3) is 11.5. The molecule has 4 N–H and O–H groups in total. The summed E-state index contributed by atoms with van der Waals surface area (Å²) < 4.78 is 11.6. The van der Waals surface area contributed by atoms with Crippen LogP contribution >= 0.6 is 0 Å². The standard InChI is InChI=1S/C28H32N2O7.C2H2O4/c1-21(31)30(36-25-12-10-24(11-13-25)33-19-22-6-3-2-4-7-22)16-15-29-18-23(32)20-34-27-8-5-9-28-26(27)14-17-35-37-28;3-1(4)2(5)6/h2-13,23,29,32H,14-20H2,1H3;(H,3,4)(H,5,6). The molecule has 0 bridgehead atoms. The smallest absolute Gasteiger partial charge is 0.414 e. The molecule has 0 aromatic heterocycles. The molecule has 1 atom stereocenters. The van der Waals surface area contributed by atoms with E-state index in [0.29, 0.717) is 62.3 Å². The molecule has 3 aromatic carbocycles. The molecule has 230 valence electrons. The monoisotopic (exact) mass is 598 g/mol. The number of hydrogen-bond donors (Lipinski definition) is 4. The summed E-state index contributed by atoms with van der Waals surface area (Å²) in [7, 11) is 0. The number of amides is 1. The van der Waals surface area contributed by atoms with Crippen LogP contribution in [0.3, 0.4) is 0 Å². The molecule has 1 aliphatic rings. The van der Waals surface area contributed by atoms with Crippen molar-refractivity contribution in [3.05, 3.63) is 83.9 Å². The van der Waals surface area contributed by atoms with Crippen LogP contribution in [0.5, 0.6) is 23.0 Å². The molecule has 1 amide bonds. The van der Waals surface area contributed by atoms with Gasteiger partial charge in [-0.3, -0.25) is 4.79 Å². The van der Waals surface area contributed by atoms with Crippen molar-refractivity contribution in [3.63, 3.8) is 0 Å². The molecule has 0 radical (unpaired) electrons. The van der Waals surface area contributed by atoms with E-state index in [-0.39, 0.29) is 12.5 Å². The number of fused-ring (bicyclic) bond motifs is 1. The Morgan fingerprint density at radius 2 is 1.63 bits per heavy atom. The summed E-state index contributed by atoms with van der Waals surface area (Å²) in [6, 6.07) is 22.5. The Morgan fingerprint density at radius 3 is 2.30 bits per heavy atom. The van der Waals surface area contributed by atoms with Crippen LogP contribution in [0.1, 0.15) is 18.1 Å². The average Bonchev–Trinajstić information content (AvgIpc) is 3.01. The van der Waals surface area contributed by atoms with Gasteiger partial charge in [0.15, 0.2) is 11.5 Å². The molecule has 13 nitrogen and oxygen atoms in total. The third-order valence-corrected chi connectivity index (χ3v) is 5.80. The fourth-order valence-corrected chi connectivity index (χ4v) is 3.68. The number of rotatable bonds is 13. The van der Waals surface area contributed by atoms with Crippen molar-refractivity contribution < 1.29 is 53.8 Å². The van der Waals surface area contributed by atoms with E-state index in [0.717, 1.165) is 11.1 Å². The molecule has 1 aliphatic heterocycles. The number of carboxylic acid groups (broad SMARTS) is 2. The SMILES string of the molecule is CC(=O)N(CCNCC(O)COc1cccc2c1CCOO2)Oc1ccc(OCc2ccccc2)cc1.O=C(O)C(=O)O. The van der Waals surface area contributed by atoms with Gasteiger partial charge in [-0.1, -0.05) is 36.4 Å². The van der Waals surface area contributed by atoms with Crippen molar-refractivity contribution in [1.29, 1.82) is 0 Å². The number of aliphatic carboxylic acids is 2. The lowest BCUT2D eigenvalue weighted by Gasteiger charge is -2.22. The van der Waals surface area contributed by atoms with Gasteiger partial charge in [0.1, 0.15) is 30.8 Å². The molecule has 0 fully saturated rings. The van der Waals surface area contributed by atoms with Crippen molar-refractivity contribution in [1.82, 2.24) is 10.4 Å². The normalized spacial score (nSPS) is 12.3. The van der Waals surface area contributed by atoms with Gasteiger partial charge in [-0.15, -0.1) is 0 Å². The minimum absolute atomic E-state index is 0.121. The van der Waals surface area contributed by atoms with Crippen LogP contribution in [0.4, 0.5) is 0 Å². The van der Waals surface area contributed by atoms with E-state index in [1.807, 2.05) is 48.5 Å². The molecule has 0 aliphatic carbocycles. The Morgan fingerprint density at radius 1 is 0.930 bits per heavy atom. The summed E-state index contributed by atoms with van der Waals surface area (Å²) in [6.07, 6.45) is -0.0452. The number of hydroxylamine groups is 2. The highest BCUT2D eigenvalue weighted by atomic mass is 17.2. The van der Waals surface area contributed by atoms with E-state index >= 15 is 0 Å². The second-order valence-corrected chi connectivity index (χ2v) is 9.13. The highest BCUT2D eigenvalue weighted by molar-refractivity contribution is 6.27. The quantitative estimate of drug-likeness (QED) is 0.0981. The summed E-state index contributed by atoms with van der Waals surface area (Å²) in [5.74, 6) is -1.33. The van der Waals surface area contributed by atoms with E-state index < -0.39 is 18.0 Å². The van der Waals surface area contributed by atoms with Gasteiger partial charge in [0.05, 0.1) is 13.2 Å². The summed E-state index contributed by atoms with van der Waals surface area (Å²) in [6.45, 7) is 3.52. The van der Waals surface area contributed by atoms with Crippen LogP contribution in [0, 0.1) is 0 Å². The number of nitrogens with zero attached hydrogens (tertiary/aromatic N) is 1. The Kier molecular flexibility index (Phi) is 13.1. The first-order valence-electron chi connectivity index (χ1n) is 13.3. The number of aliphatic hydroxyl groups excluding tert-OH is 1. The minimum Gasteiger partial charge on any atom is -0.490 e. The van der Waals surface area contributed by atoms with Crippen molar-refractivity contribution >= 4 is 17.8 Å². The predicted molar refractivity (Wildman–Crippen MR) is 152 cm³/mol. The van der Waals surface area contributed by atoms with Gasteiger partial charge in [0.2, 0.25) is 0 Å². The highest BCUT2D eigenvalue weighted by Gasteiger charge is 2.17. The van der Waals surface area contributed by atoms with Crippen molar-refractivity contribution in [2.45, 2.75) is 26.1 Å². The van der Waals surface area contributed by atoms with Gasteiger partial charge in [-0.25, -0.2) is 9.59 Å². The maximum absolute atomic E-state index is 12.0. The maximum Gasteiger partial charge on any atom is 0.414 e. The molecule has 0 saturated heterocycles. The number of carboxylic acids is 2. The Labute approximate surface area is 248 Å². The zero-order chi connectivity index (χ0) is 31.0. The fourth-order valence-electron chi connectivity index (χ4n) is 3.68. The minimum atomic E-state index is -1.82. The maximum atomic E-state index is 12.0. The Balaban J connectivity index is 0.000000765. The van der Waals surface area contributed by atoms with E-state index in [9.17, 15) is 9.90 Å². The van der Waals surface area contributed by atoms with Crippen LogP contribution in [0.2, 0.25) is 0 Å². The Bertz CT molecular complexity index is 1310. The Hall–Kier alpha value is -4.85. The number of nitrogens with one attached hydrogen (secondary N) is 1.